The van der Waals surface area contributed by atoms with E-state index in [4.69, 9.17) is 0 Å². The highest BCUT2D eigenvalue weighted by Crippen LogP contribution is 2.32. The van der Waals surface area contributed by atoms with Crippen molar-refractivity contribution in [3.8, 4) is 11.1 Å². The van der Waals surface area contributed by atoms with Crippen LogP contribution < -0.4 is 4.72 Å². The van der Waals surface area contributed by atoms with Crippen LogP contribution in [0.15, 0.2) is 47.8 Å². The summed E-state index contributed by atoms with van der Waals surface area (Å²) in [5.41, 5.74) is 4.18. The van der Waals surface area contributed by atoms with E-state index in [1.807, 2.05) is 57.9 Å². The molecule has 0 aliphatic carbocycles. The molecular weight excluding hydrogens is 425 g/mol. The summed E-state index contributed by atoms with van der Waals surface area (Å²) in [6.45, 7) is 6.10. The second-order valence-electron chi connectivity index (χ2n) is 8.39. The Morgan fingerprint density at radius 1 is 1.25 bits per heavy atom. The quantitative estimate of drug-likeness (QED) is 0.498. The number of halogens is 1. The smallest absolute Gasteiger partial charge is 0.234 e. The van der Waals surface area contributed by atoms with Crippen LogP contribution in [0, 0.1) is 5.82 Å². The molecule has 3 rings (SSSR count). The van der Waals surface area contributed by atoms with Crippen molar-refractivity contribution >= 4 is 17.9 Å². The maximum absolute atomic E-state index is 14.4. The molecule has 0 saturated carbocycles. The summed E-state index contributed by atoms with van der Waals surface area (Å²) in [6.07, 6.45) is 3.50. The van der Waals surface area contributed by atoms with Crippen molar-refractivity contribution in [2.24, 2.45) is 7.05 Å². The van der Waals surface area contributed by atoms with Crippen LogP contribution in [0.4, 0.5) is 4.39 Å². The molecule has 0 aliphatic rings. The second-order valence-corrected chi connectivity index (χ2v) is 9.22. The molecule has 3 aromatic rings. The van der Waals surface area contributed by atoms with E-state index in [0.717, 1.165) is 27.4 Å². The SMILES string of the molecule is CC(C)c1cc(F)cc(-c2cccnc2)c1CC(=O)NSc1cc(C(C)N(C)C)n(C)n1. The van der Waals surface area contributed by atoms with Gasteiger partial charge in [0.25, 0.3) is 0 Å². The van der Waals surface area contributed by atoms with Crippen LogP contribution >= 0.6 is 11.9 Å². The van der Waals surface area contributed by atoms with E-state index in [1.165, 1.54) is 24.1 Å². The lowest BCUT2D eigenvalue weighted by molar-refractivity contribution is -0.118. The van der Waals surface area contributed by atoms with Gasteiger partial charge in [0.1, 0.15) is 10.8 Å². The van der Waals surface area contributed by atoms with Gasteiger partial charge in [-0.1, -0.05) is 19.9 Å². The Kier molecular flexibility index (Phi) is 7.69. The number of carbonyl (C=O) groups is 1. The fourth-order valence-corrected chi connectivity index (χ4v) is 4.25. The van der Waals surface area contributed by atoms with Gasteiger partial charge < -0.3 is 4.90 Å². The van der Waals surface area contributed by atoms with Gasteiger partial charge in [0.15, 0.2) is 0 Å². The molecule has 0 bridgehead atoms. The third-order valence-electron chi connectivity index (χ3n) is 5.55. The number of pyridine rings is 1. The topological polar surface area (TPSA) is 63.1 Å². The Balaban J connectivity index is 1.81. The van der Waals surface area contributed by atoms with E-state index in [-0.39, 0.29) is 30.1 Å². The number of benzene rings is 1. The fraction of sp³-hybridized carbons (Fsp3) is 0.375. The molecule has 1 N–H and O–H groups in total. The van der Waals surface area contributed by atoms with Crippen LogP contribution in [0.25, 0.3) is 11.1 Å². The molecule has 1 unspecified atom stereocenters. The zero-order valence-corrected chi connectivity index (χ0v) is 20.2. The number of amides is 1. The van der Waals surface area contributed by atoms with Crippen molar-refractivity contribution in [3.05, 3.63) is 65.4 Å². The average molecular weight is 456 g/mol. The van der Waals surface area contributed by atoms with Gasteiger partial charge in [-0.05, 0) is 67.9 Å². The summed E-state index contributed by atoms with van der Waals surface area (Å²) in [4.78, 5) is 19.1. The van der Waals surface area contributed by atoms with Crippen LogP contribution in [0.2, 0.25) is 0 Å². The van der Waals surface area contributed by atoms with Crippen LogP contribution in [0.1, 0.15) is 49.6 Å². The van der Waals surface area contributed by atoms with Crippen molar-refractivity contribution in [1.29, 1.82) is 0 Å². The molecule has 8 heteroatoms. The summed E-state index contributed by atoms with van der Waals surface area (Å²) in [5.74, 6) is -0.411. The zero-order chi connectivity index (χ0) is 23.4. The standard InChI is InChI=1S/C24H30FN5OS/c1-15(2)19-10-18(25)11-20(17-8-7-9-26-14-17)21(19)12-23(31)28-32-24-13-22(30(6)27-24)16(3)29(4)5/h7-11,13-16H,12H2,1-6H3,(H,28,31). The first kappa shape index (κ1) is 23.9. The van der Waals surface area contributed by atoms with E-state index >= 15 is 0 Å². The van der Waals surface area contributed by atoms with Gasteiger partial charge in [-0.15, -0.1) is 0 Å². The zero-order valence-electron chi connectivity index (χ0n) is 19.4. The minimum atomic E-state index is -0.317. The van der Waals surface area contributed by atoms with E-state index < -0.39 is 0 Å². The van der Waals surface area contributed by atoms with Crippen molar-refractivity contribution in [3.63, 3.8) is 0 Å². The van der Waals surface area contributed by atoms with Gasteiger partial charge in [0.2, 0.25) is 5.91 Å². The van der Waals surface area contributed by atoms with Gasteiger partial charge in [-0.3, -0.25) is 19.2 Å². The maximum Gasteiger partial charge on any atom is 0.234 e. The van der Waals surface area contributed by atoms with Crippen molar-refractivity contribution in [2.75, 3.05) is 14.1 Å². The van der Waals surface area contributed by atoms with Gasteiger partial charge in [0.05, 0.1) is 12.1 Å². The van der Waals surface area contributed by atoms with Crippen LogP contribution in [-0.4, -0.2) is 39.7 Å². The first-order chi connectivity index (χ1) is 15.2. The Hall–Kier alpha value is -2.71. The Morgan fingerprint density at radius 3 is 2.62 bits per heavy atom. The highest BCUT2D eigenvalue weighted by Gasteiger charge is 2.19. The molecule has 1 aromatic carbocycles. The molecule has 32 heavy (non-hydrogen) atoms. The number of hydrogen-bond donors (Lipinski definition) is 1. The molecule has 1 amide bonds. The van der Waals surface area contributed by atoms with Crippen molar-refractivity contribution < 1.29 is 9.18 Å². The normalized spacial score (nSPS) is 12.4. The molecule has 2 heterocycles. The van der Waals surface area contributed by atoms with E-state index in [2.05, 4.69) is 26.6 Å². The fourth-order valence-electron chi connectivity index (χ4n) is 3.62. The highest BCUT2D eigenvalue weighted by atomic mass is 32.2. The average Bonchev–Trinajstić information content (AvgIpc) is 3.13. The molecule has 2 aromatic heterocycles. The molecule has 0 fully saturated rings. The number of hydrogen-bond acceptors (Lipinski definition) is 5. The Morgan fingerprint density at radius 2 is 2.00 bits per heavy atom. The third kappa shape index (κ3) is 5.55. The van der Waals surface area contributed by atoms with Gasteiger partial charge in [-0.2, -0.15) is 5.10 Å². The Labute approximate surface area is 193 Å². The number of carbonyl (C=O) groups excluding carboxylic acids is 1. The van der Waals surface area contributed by atoms with E-state index in [1.54, 1.807) is 12.4 Å². The maximum atomic E-state index is 14.4. The summed E-state index contributed by atoms with van der Waals surface area (Å²) < 4.78 is 19.1. The highest BCUT2D eigenvalue weighted by molar-refractivity contribution is 7.97. The number of aryl methyl sites for hydroxylation is 1. The van der Waals surface area contributed by atoms with Gasteiger partial charge in [0, 0.05) is 43.0 Å². The second kappa shape index (κ2) is 10.3. The molecule has 0 aliphatic heterocycles. The third-order valence-corrected chi connectivity index (χ3v) is 6.29. The lowest BCUT2D eigenvalue weighted by atomic mass is 9.88. The minimum Gasteiger partial charge on any atom is -0.301 e. The number of aromatic nitrogens is 3. The predicted molar refractivity (Wildman–Crippen MR) is 127 cm³/mol. The predicted octanol–water partition coefficient (Wildman–Crippen LogP) is 4.73. The number of nitrogens with one attached hydrogen (secondary N) is 1. The lowest BCUT2D eigenvalue weighted by Gasteiger charge is -2.19. The summed E-state index contributed by atoms with van der Waals surface area (Å²) >= 11 is 1.19. The van der Waals surface area contributed by atoms with Crippen LogP contribution in [0.3, 0.4) is 0 Å². The molecular formula is C24H30FN5OS. The summed E-state index contributed by atoms with van der Waals surface area (Å²) in [6, 6.07) is 8.87. The largest absolute Gasteiger partial charge is 0.301 e. The van der Waals surface area contributed by atoms with E-state index in [0.29, 0.717) is 5.56 Å². The first-order valence-corrected chi connectivity index (χ1v) is 11.4. The molecule has 1 atom stereocenters. The van der Waals surface area contributed by atoms with Gasteiger partial charge in [-0.25, -0.2) is 4.39 Å². The molecule has 170 valence electrons. The number of rotatable bonds is 8. The van der Waals surface area contributed by atoms with Crippen molar-refractivity contribution in [1.82, 2.24) is 24.4 Å². The molecule has 0 saturated heterocycles. The summed E-state index contributed by atoms with van der Waals surface area (Å²) in [5, 5.41) is 5.22. The molecule has 0 spiro atoms. The van der Waals surface area contributed by atoms with Crippen molar-refractivity contribution in [2.45, 2.75) is 44.2 Å². The monoisotopic (exact) mass is 455 g/mol. The minimum absolute atomic E-state index is 0.0717. The van der Waals surface area contributed by atoms with Gasteiger partial charge >= 0.3 is 0 Å². The lowest BCUT2D eigenvalue weighted by Crippen LogP contribution is -2.20. The molecule has 6 nitrogen and oxygen atoms in total. The first-order valence-electron chi connectivity index (χ1n) is 10.6. The van der Waals surface area contributed by atoms with E-state index in [9.17, 15) is 9.18 Å². The summed E-state index contributed by atoms with van der Waals surface area (Å²) in [7, 11) is 5.93. The van der Waals surface area contributed by atoms with Crippen LogP contribution in [0.5, 0.6) is 0 Å². The van der Waals surface area contributed by atoms with Crippen LogP contribution in [-0.2, 0) is 18.3 Å². The molecule has 0 radical (unpaired) electrons. The number of nitrogens with zero attached hydrogens (tertiary/aromatic N) is 4. The Bertz CT molecular complexity index is 1080.